The first-order valence-corrected chi connectivity index (χ1v) is 3.67. The molecule has 1 nitrogen and oxygen atoms in total. The molecular weight excluding hydrogens is 122 g/mol. The molecule has 0 saturated carbocycles. The van der Waals surface area contributed by atoms with E-state index in [1.807, 2.05) is 0 Å². The molecule has 1 aliphatic rings. The summed E-state index contributed by atoms with van der Waals surface area (Å²) in [6.45, 7) is 3.32. The Labute approximate surface area is 61.1 Å². The second kappa shape index (κ2) is 2.10. The SMILES string of the molecule is Cc1ccccc1[C@@H]1CN1. The smallest absolute Gasteiger partial charge is 0.0450 e. The maximum Gasteiger partial charge on any atom is 0.0450 e. The maximum absolute atomic E-state index is 3.29. The summed E-state index contributed by atoms with van der Waals surface area (Å²) in [5, 5.41) is 3.29. The lowest BCUT2D eigenvalue weighted by Crippen LogP contribution is -1.87. The van der Waals surface area contributed by atoms with Gasteiger partial charge in [-0.05, 0) is 18.1 Å². The van der Waals surface area contributed by atoms with Crippen LogP contribution in [0.1, 0.15) is 17.2 Å². The van der Waals surface area contributed by atoms with Gasteiger partial charge in [0.2, 0.25) is 0 Å². The molecule has 1 heterocycles. The zero-order valence-corrected chi connectivity index (χ0v) is 6.09. The van der Waals surface area contributed by atoms with Crippen LogP contribution in [0.5, 0.6) is 0 Å². The topological polar surface area (TPSA) is 21.9 Å². The summed E-state index contributed by atoms with van der Waals surface area (Å²) in [6, 6.07) is 9.19. The van der Waals surface area contributed by atoms with Crippen LogP contribution in [0.15, 0.2) is 24.3 Å². The highest BCUT2D eigenvalue weighted by atomic mass is 15.1. The molecule has 0 amide bonds. The summed E-state index contributed by atoms with van der Waals surface area (Å²) in [6.07, 6.45) is 0. The molecule has 2 rings (SSSR count). The standard InChI is InChI=1S/C9H11N/c1-7-4-2-3-5-8(7)9-6-10-9/h2-5,9-10H,6H2,1H3/t9-/m0/s1. The summed E-state index contributed by atoms with van der Waals surface area (Å²) >= 11 is 0. The normalized spacial score (nSPS) is 22.7. The van der Waals surface area contributed by atoms with Gasteiger partial charge >= 0.3 is 0 Å². The quantitative estimate of drug-likeness (QED) is 0.578. The highest BCUT2D eigenvalue weighted by Gasteiger charge is 2.22. The molecular formula is C9H11N. The van der Waals surface area contributed by atoms with Crippen LogP contribution in [-0.2, 0) is 0 Å². The van der Waals surface area contributed by atoms with E-state index in [0.29, 0.717) is 6.04 Å². The fourth-order valence-corrected chi connectivity index (χ4v) is 1.26. The van der Waals surface area contributed by atoms with E-state index in [4.69, 9.17) is 0 Å². The number of aryl methyl sites for hydroxylation is 1. The third-order valence-corrected chi connectivity index (χ3v) is 1.97. The molecule has 0 aliphatic carbocycles. The minimum Gasteiger partial charge on any atom is -0.307 e. The lowest BCUT2D eigenvalue weighted by atomic mass is 10.1. The van der Waals surface area contributed by atoms with E-state index >= 15 is 0 Å². The first kappa shape index (κ1) is 5.93. The molecule has 1 N–H and O–H groups in total. The number of rotatable bonds is 1. The van der Waals surface area contributed by atoms with E-state index in [1.54, 1.807) is 0 Å². The lowest BCUT2D eigenvalue weighted by molar-refractivity contribution is 1.06. The van der Waals surface area contributed by atoms with Gasteiger partial charge in [-0.3, -0.25) is 0 Å². The second-order valence-electron chi connectivity index (χ2n) is 2.82. The van der Waals surface area contributed by atoms with Crippen molar-refractivity contribution in [1.29, 1.82) is 0 Å². The Balaban J connectivity index is 2.39. The van der Waals surface area contributed by atoms with Crippen molar-refractivity contribution in [3.8, 4) is 0 Å². The summed E-state index contributed by atoms with van der Waals surface area (Å²) in [4.78, 5) is 0. The van der Waals surface area contributed by atoms with E-state index in [0.717, 1.165) is 6.54 Å². The molecule has 1 aromatic rings. The van der Waals surface area contributed by atoms with Crippen molar-refractivity contribution < 1.29 is 0 Å². The van der Waals surface area contributed by atoms with Gasteiger partial charge in [0.05, 0.1) is 0 Å². The van der Waals surface area contributed by atoms with Crippen molar-refractivity contribution in [1.82, 2.24) is 5.32 Å². The molecule has 1 aromatic carbocycles. The van der Waals surface area contributed by atoms with E-state index in [9.17, 15) is 0 Å². The van der Waals surface area contributed by atoms with Crippen molar-refractivity contribution in [2.24, 2.45) is 0 Å². The molecule has 52 valence electrons. The van der Waals surface area contributed by atoms with Crippen LogP contribution in [-0.4, -0.2) is 6.54 Å². The van der Waals surface area contributed by atoms with Gasteiger partial charge in [-0.25, -0.2) is 0 Å². The Morgan fingerprint density at radius 2 is 2.10 bits per heavy atom. The van der Waals surface area contributed by atoms with Gasteiger partial charge in [-0.15, -0.1) is 0 Å². The van der Waals surface area contributed by atoms with E-state index in [1.165, 1.54) is 11.1 Å². The molecule has 1 aliphatic heterocycles. The summed E-state index contributed by atoms with van der Waals surface area (Å²) in [7, 11) is 0. The molecule has 0 bridgehead atoms. The van der Waals surface area contributed by atoms with E-state index < -0.39 is 0 Å². The fourth-order valence-electron chi connectivity index (χ4n) is 1.26. The van der Waals surface area contributed by atoms with E-state index in [2.05, 4.69) is 36.5 Å². The second-order valence-corrected chi connectivity index (χ2v) is 2.82. The summed E-state index contributed by atoms with van der Waals surface area (Å²) < 4.78 is 0. The van der Waals surface area contributed by atoms with Crippen LogP contribution in [0, 0.1) is 6.92 Å². The fraction of sp³-hybridized carbons (Fsp3) is 0.333. The monoisotopic (exact) mass is 133 g/mol. The Morgan fingerprint density at radius 1 is 1.40 bits per heavy atom. The van der Waals surface area contributed by atoms with Gasteiger partial charge < -0.3 is 5.32 Å². The van der Waals surface area contributed by atoms with E-state index in [-0.39, 0.29) is 0 Å². The summed E-state index contributed by atoms with van der Waals surface area (Å²) in [5.41, 5.74) is 2.86. The zero-order chi connectivity index (χ0) is 6.97. The number of hydrogen-bond donors (Lipinski definition) is 1. The van der Waals surface area contributed by atoms with Crippen molar-refractivity contribution in [3.05, 3.63) is 35.4 Å². The van der Waals surface area contributed by atoms with Gasteiger partial charge in [0.15, 0.2) is 0 Å². The maximum atomic E-state index is 3.29. The third kappa shape index (κ3) is 0.929. The molecule has 1 atom stereocenters. The molecule has 1 saturated heterocycles. The van der Waals surface area contributed by atoms with Crippen molar-refractivity contribution in [2.75, 3.05) is 6.54 Å². The van der Waals surface area contributed by atoms with Crippen molar-refractivity contribution in [3.63, 3.8) is 0 Å². The average molecular weight is 133 g/mol. The van der Waals surface area contributed by atoms with Crippen LogP contribution in [0.25, 0.3) is 0 Å². The predicted molar refractivity (Wildman–Crippen MR) is 41.9 cm³/mol. The minimum atomic E-state index is 0.654. The number of nitrogens with one attached hydrogen (secondary N) is 1. The van der Waals surface area contributed by atoms with Gasteiger partial charge in [-0.1, -0.05) is 24.3 Å². The van der Waals surface area contributed by atoms with Gasteiger partial charge in [0, 0.05) is 12.6 Å². The molecule has 10 heavy (non-hydrogen) atoms. The van der Waals surface area contributed by atoms with Gasteiger partial charge in [0.25, 0.3) is 0 Å². The third-order valence-electron chi connectivity index (χ3n) is 1.97. The summed E-state index contributed by atoms with van der Waals surface area (Å²) in [5.74, 6) is 0. The Morgan fingerprint density at radius 3 is 2.70 bits per heavy atom. The molecule has 0 spiro atoms. The Hall–Kier alpha value is -0.820. The average Bonchev–Trinajstić information content (AvgIpc) is 2.71. The van der Waals surface area contributed by atoms with Crippen LogP contribution < -0.4 is 5.32 Å². The molecule has 1 heteroatoms. The van der Waals surface area contributed by atoms with Crippen molar-refractivity contribution in [2.45, 2.75) is 13.0 Å². The Kier molecular flexibility index (Phi) is 1.24. The Bertz CT molecular complexity index is 238. The largest absolute Gasteiger partial charge is 0.307 e. The van der Waals surface area contributed by atoms with Gasteiger partial charge in [0.1, 0.15) is 0 Å². The first-order chi connectivity index (χ1) is 4.88. The predicted octanol–water partition coefficient (Wildman–Crippen LogP) is 1.64. The lowest BCUT2D eigenvalue weighted by Gasteiger charge is -1.99. The molecule has 1 fully saturated rings. The molecule has 0 radical (unpaired) electrons. The van der Waals surface area contributed by atoms with Crippen LogP contribution >= 0.6 is 0 Å². The first-order valence-electron chi connectivity index (χ1n) is 3.67. The van der Waals surface area contributed by atoms with Crippen molar-refractivity contribution >= 4 is 0 Å². The van der Waals surface area contributed by atoms with Crippen LogP contribution in [0.2, 0.25) is 0 Å². The van der Waals surface area contributed by atoms with Crippen LogP contribution in [0.3, 0.4) is 0 Å². The zero-order valence-electron chi connectivity index (χ0n) is 6.09. The number of hydrogen-bond acceptors (Lipinski definition) is 1. The minimum absolute atomic E-state index is 0.654. The van der Waals surface area contributed by atoms with Gasteiger partial charge in [-0.2, -0.15) is 0 Å². The molecule has 0 unspecified atom stereocenters. The van der Waals surface area contributed by atoms with Crippen LogP contribution in [0.4, 0.5) is 0 Å². The highest BCUT2D eigenvalue weighted by molar-refractivity contribution is 5.31. The number of benzene rings is 1. The highest BCUT2D eigenvalue weighted by Crippen LogP contribution is 2.23. The molecule has 0 aromatic heterocycles.